The zero-order valence-corrected chi connectivity index (χ0v) is 27.5. The summed E-state index contributed by atoms with van der Waals surface area (Å²) in [5.41, 5.74) is 1.95. The minimum absolute atomic E-state index is 0.00199. The Morgan fingerprint density at radius 3 is 2.33 bits per heavy atom. The minimum Gasteiger partial charge on any atom is -0.496 e. The summed E-state index contributed by atoms with van der Waals surface area (Å²) < 4.78 is 40.7. The van der Waals surface area contributed by atoms with Crippen molar-refractivity contribution in [3.8, 4) is 16.9 Å². The van der Waals surface area contributed by atoms with E-state index in [0.717, 1.165) is 40.2 Å². The molecule has 11 heteroatoms. The number of methoxy groups -OCH3 is 1. The second kappa shape index (κ2) is 13.3. The molecular formula is C34H36ClF2N3O4S. The van der Waals surface area contributed by atoms with Crippen molar-refractivity contribution in [3.05, 3.63) is 82.0 Å². The fraction of sp³-hybridized carbons (Fsp3) is 0.382. The van der Waals surface area contributed by atoms with Crippen LogP contribution in [0, 0.1) is 11.6 Å². The molecule has 0 radical (unpaired) electrons. The van der Waals surface area contributed by atoms with Gasteiger partial charge in [0.25, 0.3) is 5.91 Å². The van der Waals surface area contributed by atoms with Crippen LogP contribution in [0.25, 0.3) is 21.2 Å². The van der Waals surface area contributed by atoms with Crippen LogP contribution >= 0.6 is 22.9 Å². The molecule has 5 rings (SSSR count). The van der Waals surface area contributed by atoms with Crippen molar-refractivity contribution in [2.45, 2.75) is 70.7 Å². The predicted molar refractivity (Wildman–Crippen MR) is 173 cm³/mol. The average molecular weight is 656 g/mol. The maximum absolute atomic E-state index is 14.8. The van der Waals surface area contributed by atoms with Crippen molar-refractivity contribution in [2.75, 3.05) is 14.2 Å². The summed E-state index contributed by atoms with van der Waals surface area (Å²) in [6, 6.07) is 11.3. The van der Waals surface area contributed by atoms with Gasteiger partial charge in [0.05, 0.1) is 22.2 Å². The van der Waals surface area contributed by atoms with Crippen molar-refractivity contribution >= 4 is 45.0 Å². The quantitative estimate of drug-likeness (QED) is 0.199. The highest BCUT2D eigenvalue weighted by atomic mass is 35.5. The van der Waals surface area contributed by atoms with E-state index in [0.29, 0.717) is 31.4 Å². The molecule has 2 amide bonds. The number of aromatic nitrogens is 1. The Morgan fingerprint density at radius 1 is 1.02 bits per heavy atom. The van der Waals surface area contributed by atoms with Gasteiger partial charge < -0.3 is 19.3 Å². The van der Waals surface area contributed by atoms with Crippen molar-refractivity contribution < 1.29 is 27.8 Å². The van der Waals surface area contributed by atoms with Gasteiger partial charge in [0, 0.05) is 49.2 Å². The molecule has 238 valence electrons. The van der Waals surface area contributed by atoms with E-state index < -0.39 is 29.2 Å². The second-order valence-corrected chi connectivity index (χ2v) is 13.6. The van der Waals surface area contributed by atoms with Crippen LogP contribution < -0.4 is 4.74 Å². The standard InChI is InChI=1S/C34H36ClF2N3O4S/c1-34(2,3)44-33(42)39(4)23-9-11-24(12-10-23)40(32(41)31-29(35)28-25(36)13-14-26(37)30(28)45-31)19-22-17-20(8-15-27(22)43-5)21-7-6-16-38-18-21/h6-8,13-18,23-24H,9-12,19H2,1-5H3/t23-,24-. The Morgan fingerprint density at radius 2 is 1.71 bits per heavy atom. The van der Waals surface area contributed by atoms with Gasteiger partial charge in [0.15, 0.2) is 0 Å². The third-order valence-electron chi connectivity index (χ3n) is 8.09. The van der Waals surface area contributed by atoms with Crippen molar-refractivity contribution in [3.63, 3.8) is 0 Å². The molecule has 45 heavy (non-hydrogen) atoms. The van der Waals surface area contributed by atoms with E-state index in [2.05, 4.69) is 4.98 Å². The number of carbonyl (C=O) groups is 2. The second-order valence-electron chi connectivity index (χ2n) is 12.2. The van der Waals surface area contributed by atoms with E-state index in [1.54, 1.807) is 36.4 Å². The first kappa shape index (κ1) is 32.6. The molecule has 0 aliphatic heterocycles. The highest BCUT2D eigenvalue weighted by Crippen LogP contribution is 2.41. The number of ether oxygens (including phenoxy) is 2. The van der Waals surface area contributed by atoms with Crippen LogP contribution in [-0.4, -0.2) is 58.6 Å². The number of hydrogen-bond donors (Lipinski definition) is 0. The molecule has 0 atom stereocenters. The summed E-state index contributed by atoms with van der Waals surface area (Å²) in [6.45, 7) is 5.65. The maximum atomic E-state index is 14.8. The van der Waals surface area contributed by atoms with E-state index in [-0.39, 0.29) is 38.6 Å². The van der Waals surface area contributed by atoms with E-state index in [1.165, 1.54) is 0 Å². The number of thiophene rings is 1. The lowest BCUT2D eigenvalue weighted by molar-refractivity contribution is 0.0144. The fourth-order valence-electron chi connectivity index (χ4n) is 5.77. The van der Waals surface area contributed by atoms with E-state index in [9.17, 15) is 18.4 Å². The molecule has 1 saturated carbocycles. The lowest BCUT2D eigenvalue weighted by atomic mass is 9.89. The molecule has 0 unspecified atom stereocenters. The van der Waals surface area contributed by atoms with Crippen LogP contribution in [0.2, 0.25) is 5.02 Å². The average Bonchev–Trinajstić information content (AvgIpc) is 3.38. The first-order valence-corrected chi connectivity index (χ1v) is 16.0. The number of carbonyl (C=O) groups excluding carboxylic acids is 2. The Labute approximate surface area is 270 Å². The predicted octanol–water partition coefficient (Wildman–Crippen LogP) is 8.72. The Balaban J connectivity index is 1.49. The molecule has 0 N–H and O–H groups in total. The number of amides is 2. The number of rotatable bonds is 7. The number of halogens is 3. The smallest absolute Gasteiger partial charge is 0.410 e. The van der Waals surface area contributed by atoms with Gasteiger partial charge in [0.2, 0.25) is 0 Å². The number of fused-ring (bicyclic) bond motifs is 1. The topological polar surface area (TPSA) is 72.0 Å². The van der Waals surface area contributed by atoms with Gasteiger partial charge in [-0.15, -0.1) is 11.3 Å². The van der Waals surface area contributed by atoms with Gasteiger partial charge in [-0.25, -0.2) is 13.6 Å². The van der Waals surface area contributed by atoms with E-state index in [1.807, 2.05) is 51.1 Å². The minimum atomic E-state index is -0.685. The largest absolute Gasteiger partial charge is 0.496 e. The number of nitrogens with zero attached hydrogens (tertiary/aromatic N) is 3. The molecule has 0 bridgehead atoms. The summed E-state index contributed by atoms with van der Waals surface area (Å²) in [7, 11) is 3.30. The Hall–Kier alpha value is -3.76. The third-order valence-corrected chi connectivity index (χ3v) is 9.77. The van der Waals surface area contributed by atoms with Gasteiger partial charge >= 0.3 is 6.09 Å². The molecule has 1 aliphatic rings. The molecule has 7 nitrogen and oxygen atoms in total. The Kier molecular flexibility index (Phi) is 9.65. The number of benzene rings is 2. The molecule has 1 aliphatic carbocycles. The van der Waals surface area contributed by atoms with Gasteiger partial charge in [-0.3, -0.25) is 9.78 Å². The lowest BCUT2D eigenvalue weighted by Crippen LogP contribution is -2.47. The van der Waals surface area contributed by atoms with Crippen LogP contribution in [0.15, 0.2) is 54.9 Å². The van der Waals surface area contributed by atoms with Crippen molar-refractivity contribution in [2.24, 2.45) is 0 Å². The molecule has 1 fully saturated rings. The highest BCUT2D eigenvalue weighted by Gasteiger charge is 2.35. The molecule has 0 spiro atoms. The third kappa shape index (κ3) is 7.07. The molecule has 2 aromatic heterocycles. The Bertz CT molecular complexity index is 1700. The summed E-state index contributed by atoms with van der Waals surface area (Å²) in [4.78, 5) is 34.8. The van der Waals surface area contributed by atoms with E-state index >= 15 is 0 Å². The highest BCUT2D eigenvalue weighted by molar-refractivity contribution is 7.21. The summed E-state index contributed by atoms with van der Waals surface area (Å²) in [5, 5.41) is -0.194. The molecule has 2 aromatic carbocycles. The van der Waals surface area contributed by atoms with Gasteiger partial charge in [-0.1, -0.05) is 23.7 Å². The summed E-state index contributed by atoms with van der Waals surface area (Å²) >= 11 is 7.45. The first-order chi connectivity index (χ1) is 21.4. The van der Waals surface area contributed by atoms with E-state index in [4.69, 9.17) is 21.1 Å². The maximum Gasteiger partial charge on any atom is 0.410 e. The molecular weight excluding hydrogens is 620 g/mol. The van der Waals surface area contributed by atoms with Crippen LogP contribution in [0.5, 0.6) is 5.75 Å². The van der Waals surface area contributed by atoms with Gasteiger partial charge in [-0.2, -0.15) is 0 Å². The lowest BCUT2D eigenvalue weighted by Gasteiger charge is -2.40. The molecule has 2 heterocycles. The summed E-state index contributed by atoms with van der Waals surface area (Å²) in [6.07, 6.45) is 5.54. The van der Waals surface area contributed by atoms with Crippen LogP contribution in [0.4, 0.5) is 13.6 Å². The van der Waals surface area contributed by atoms with Crippen molar-refractivity contribution in [1.82, 2.24) is 14.8 Å². The monoisotopic (exact) mass is 655 g/mol. The first-order valence-electron chi connectivity index (χ1n) is 14.8. The zero-order valence-electron chi connectivity index (χ0n) is 25.9. The van der Waals surface area contributed by atoms with Crippen LogP contribution in [0.1, 0.15) is 61.7 Å². The fourth-order valence-corrected chi connectivity index (χ4v) is 7.28. The zero-order chi connectivity index (χ0) is 32.5. The van der Waals surface area contributed by atoms with Gasteiger partial charge in [0.1, 0.15) is 27.9 Å². The normalized spacial score (nSPS) is 16.8. The van der Waals surface area contributed by atoms with Crippen LogP contribution in [0.3, 0.4) is 0 Å². The SMILES string of the molecule is COc1ccc(-c2cccnc2)cc1CN(C(=O)c1sc2c(F)ccc(F)c2c1Cl)[C@H]1CC[C@H](N(C)C(=O)OC(C)(C)C)CC1. The number of pyridine rings is 1. The number of hydrogen-bond acceptors (Lipinski definition) is 6. The van der Waals surface area contributed by atoms with Gasteiger partial charge in [-0.05, 0) is 82.3 Å². The summed E-state index contributed by atoms with van der Waals surface area (Å²) in [5.74, 6) is -1.15. The van der Waals surface area contributed by atoms with Crippen LogP contribution in [-0.2, 0) is 11.3 Å². The van der Waals surface area contributed by atoms with Crippen molar-refractivity contribution in [1.29, 1.82) is 0 Å². The molecule has 4 aromatic rings. The molecule has 0 saturated heterocycles.